The van der Waals surface area contributed by atoms with Gasteiger partial charge >= 0.3 is 5.97 Å². The Labute approximate surface area is 262 Å². The van der Waals surface area contributed by atoms with E-state index in [2.05, 4.69) is 5.16 Å². The Balaban J connectivity index is 1.30. The third kappa shape index (κ3) is 5.70. The molecule has 0 radical (unpaired) electrons. The fourth-order valence-corrected chi connectivity index (χ4v) is 8.56. The van der Waals surface area contributed by atoms with Gasteiger partial charge in [0.1, 0.15) is 11.5 Å². The van der Waals surface area contributed by atoms with E-state index in [1.165, 1.54) is 18.2 Å². The molecule has 3 fully saturated rings. The first-order valence-corrected chi connectivity index (χ1v) is 18.6. The molecular formula is C32H36N2O9S2. The monoisotopic (exact) mass is 656 g/mol. The zero-order valence-electron chi connectivity index (χ0n) is 25.7. The highest BCUT2D eigenvalue weighted by molar-refractivity contribution is 7.91. The average Bonchev–Trinajstić information content (AvgIpc) is 3.44. The second kappa shape index (κ2) is 10.8. The number of aromatic carboxylic acids is 1. The lowest BCUT2D eigenvalue weighted by atomic mass is 9.83. The number of hydrogen-bond acceptors (Lipinski definition) is 9. The lowest BCUT2D eigenvalue weighted by Gasteiger charge is -2.33. The maximum atomic E-state index is 13.7. The lowest BCUT2D eigenvalue weighted by molar-refractivity contribution is -0.126. The minimum absolute atomic E-state index is 0.0331. The molecule has 3 aromatic rings. The number of amides is 1. The van der Waals surface area contributed by atoms with E-state index in [0.717, 1.165) is 25.4 Å². The van der Waals surface area contributed by atoms with Gasteiger partial charge in [-0.1, -0.05) is 32.0 Å². The summed E-state index contributed by atoms with van der Waals surface area (Å²) < 4.78 is 63.2. The van der Waals surface area contributed by atoms with Crippen LogP contribution in [0.2, 0.25) is 0 Å². The number of benzene rings is 2. The highest BCUT2D eigenvalue weighted by atomic mass is 32.2. The number of hydrogen-bond donors (Lipinski definition) is 1. The van der Waals surface area contributed by atoms with Gasteiger partial charge in [0.05, 0.1) is 34.0 Å². The van der Waals surface area contributed by atoms with Crippen LogP contribution in [0.3, 0.4) is 0 Å². The molecule has 3 aliphatic rings. The lowest BCUT2D eigenvalue weighted by Crippen LogP contribution is -2.43. The number of anilines is 1. The predicted octanol–water partition coefficient (Wildman–Crippen LogP) is 4.73. The van der Waals surface area contributed by atoms with Crippen molar-refractivity contribution >= 4 is 37.2 Å². The number of rotatable bonds is 9. The Morgan fingerprint density at radius 3 is 2.22 bits per heavy atom. The molecule has 1 aliphatic heterocycles. The van der Waals surface area contributed by atoms with Crippen molar-refractivity contribution in [1.29, 1.82) is 0 Å². The minimum atomic E-state index is -3.84. The van der Waals surface area contributed by atoms with E-state index in [0.29, 0.717) is 35.4 Å². The molecule has 2 bridgehead atoms. The molecule has 2 heterocycles. The van der Waals surface area contributed by atoms with Gasteiger partial charge in [0.25, 0.3) is 0 Å². The van der Waals surface area contributed by atoms with Gasteiger partial charge in [-0.05, 0) is 67.0 Å². The van der Waals surface area contributed by atoms with E-state index in [4.69, 9.17) is 9.26 Å². The minimum Gasteiger partial charge on any atom is -0.478 e. The van der Waals surface area contributed by atoms with Gasteiger partial charge in [0.15, 0.2) is 19.7 Å². The Kier molecular flexibility index (Phi) is 7.52. The van der Waals surface area contributed by atoms with Crippen molar-refractivity contribution in [1.82, 2.24) is 5.16 Å². The topological polar surface area (TPSA) is 161 Å². The molecule has 3 atom stereocenters. The highest BCUT2D eigenvalue weighted by Gasteiger charge is 2.52. The number of ether oxygens (including phenoxy) is 1. The molecule has 0 spiro atoms. The SMILES string of the molecule is CC(C)(C)c1cc(N2C(=O)[C@@H]3C[C@H]2C[C@H]3OCc2c(-c3c(S(C)(=O)=O)cccc3S(C)(=O)=O)noc2C2CC2)ccc1C(=O)O. The fraction of sp³-hybridized carbons (Fsp3) is 0.469. The van der Waals surface area contributed by atoms with Crippen LogP contribution >= 0.6 is 0 Å². The number of sulfone groups is 2. The number of carboxylic acid groups (broad SMARTS) is 1. The fourth-order valence-electron chi connectivity index (χ4n) is 6.69. The second-order valence-electron chi connectivity index (χ2n) is 13.4. The van der Waals surface area contributed by atoms with E-state index in [-0.39, 0.29) is 51.1 Å². The molecule has 2 saturated carbocycles. The van der Waals surface area contributed by atoms with E-state index < -0.39 is 43.1 Å². The van der Waals surface area contributed by atoms with Crippen LogP contribution < -0.4 is 4.90 Å². The Morgan fingerprint density at radius 2 is 1.69 bits per heavy atom. The average molecular weight is 657 g/mol. The second-order valence-corrected chi connectivity index (χ2v) is 17.4. The molecule has 1 aromatic heterocycles. The highest BCUT2D eigenvalue weighted by Crippen LogP contribution is 2.48. The van der Waals surface area contributed by atoms with Crippen LogP contribution in [0.1, 0.15) is 79.6 Å². The number of carboxylic acids is 1. The van der Waals surface area contributed by atoms with Crippen molar-refractivity contribution < 1.29 is 40.8 Å². The summed E-state index contributed by atoms with van der Waals surface area (Å²) in [4.78, 5) is 26.9. The zero-order valence-corrected chi connectivity index (χ0v) is 27.4. The summed E-state index contributed by atoms with van der Waals surface area (Å²) in [6.07, 6.45) is 4.45. The quantitative estimate of drug-likeness (QED) is 0.341. The molecule has 1 N–H and O–H groups in total. The van der Waals surface area contributed by atoms with Gasteiger partial charge in [0.2, 0.25) is 5.91 Å². The van der Waals surface area contributed by atoms with Crippen molar-refractivity contribution in [3.05, 3.63) is 58.8 Å². The van der Waals surface area contributed by atoms with Crippen molar-refractivity contribution in [2.24, 2.45) is 5.92 Å². The third-order valence-electron chi connectivity index (χ3n) is 8.95. The van der Waals surface area contributed by atoms with Crippen LogP contribution in [0.5, 0.6) is 0 Å². The normalized spacial score (nSPS) is 21.9. The Morgan fingerprint density at radius 1 is 1.04 bits per heavy atom. The zero-order chi connectivity index (χ0) is 32.6. The number of nitrogens with zero attached hydrogens (tertiary/aromatic N) is 2. The molecule has 13 heteroatoms. The summed E-state index contributed by atoms with van der Waals surface area (Å²) in [5.74, 6) is -0.934. The van der Waals surface area contributed by atoms with Gasteiger partial charge in [-0.3, -0.25) is 4.79 Å². The van der Waals surface area contributed by atoms with Gasteiger partial charge in [0, 0.05) is 41.3 Å². The molecule has 240 valence electrons. The Bertz CT molecular complexity index is 1890. The molecular weight excluding hydrogens is 620 g/mol. The number of aromatic nitrogens is 1. The summed E-state index contributed by atoms with van der Waals surface area (Å²) in [6, 6.07) is 8.99. The summed E-state index contributed by atoms with van der Waals surface area (Å²) in [5, 5.41) is 13.9. The molecule has 1 saturated heterocycles. The van der Waals surface area contributed by atoms with Gasteiger partial charge in [-0.2, -0.15) is 0 Å². The Hall–Kier alpha value is -3.55. The number of fused-ring (bicyclic) bond motifs is 2. The number of piperidine rings is 1. The van der Waals surface area contributed by atoms with Crippen molar-refractivity contribution in [3.8, 4) is 11.3 Å². The van der Waals surface area contributed by atoms with Gasteiger partial charge in [-0.15, -0.1) is 0 Å². The number of carbonyl (C=O) groups is 2. The smallest absolute Gasteiger partial charge is 0.335 e. The van der Waals surface area contributed by atoms with E-state index in [1.807, 2.05) is 20.8 Å². The summed E-state index contributed by atoms with van der Waals surface area (Å²) >= 11 is 0. The third-order valence-corrected chi connectivity index (χ3v) is 11.2. The molecule has 6 rings (SSSR count). The molecule has 11 nitrogen and oxygen atoms in total. The largest absolute Gasteiger partial charge is 0.478 e. The van der Waals surface area contributed by atoms with Crippen molar-refractivity contribution in [2.75, 3.05) is 17.4 Å². The first-order chi connectivity index (χ1) is 21.0. The summed E-state index contributed by atoms with van der Waals surface area (Å²) in [7, 11) is -7.69. The van der Waals surface area contributed by atoms with Crippen LogP contribution in [0.15, 0.2) is 50.7 Å². The van der Waals surface area contributed by atoms with Crippen LogP contribution in [0.25, 0.3) is 11.3 Å². The van der Waals surface area contributed by atoms with Gasteiger partial charge in [-0.25, -0.2) is 21.6 Å². The first-order valence-electron chi connectivity index (χ1n) is 14.8. The van der Waals surface area contributed by atoms with Crippen LogP contribution in [0.4, 0.5) is 5.69 Å². The van der Waals surface area contributed by atoms with Gasteiger partial charge < -0.3 is 19.3 Å². The molecule has 0 unspecified atom stereocenters. The van der Waals surface area contributed by atoms with Crippen molar-refractivity contribution in [3.63, 3.8) is 0 Å². The van der Waals surface area contributed by atoms with E-state index in [9.17, 15) is 31.5 Å². The molecule has 2 aliphatic carbocycles. The van der Waals surface area contributed by atoms with E-state index in [1.54, 1.807) is 23.1 Å². The predicted molar refractivity (Wildman–Crippen MR) is 165 cm³/mol. The molecule has 45 heavy (non-hydrogen) atoms. The maximum absolute atomic E-state index is 13.7. The van der Waals surface area contributed by atoms with E-state index >= 15 is 0 Å². The van der Waals surface area contributed by atoms with Crippen molar-refractivity contribution in [2.45, 2.75) is 86.3 Å². The van der Waals surface area contributed by atoms with Crippen LogP contribution in [-0.2, 0) is 41.2 Å². The van der Waals surface area contributed by atoms with Crippen LogP contribution in [-0.4, -0.2) is 63.6 Å². The summed E-state index contributed by atoms with van der Waals surface area (Å²) in [6.45, 7) is 5.77. The molecule has 1 amide bonds. The maximum Gasteiger partial charge on any atom is 0.335 e. The van der Waals surface area contributed by atoms with Crippen LogP contribution in [0, 0.1) is 5.92 Å². The standard InChI is InChI=1S/C32H36N2O9S2/c1-32(2,3)23-14-18(11-12-20(23)31(36)37)34-19-13-21(30(34)35)24(15-19)42-16-22-28(33-43-29(22)17-9-10-17)27-25(44(4,38)39)7-6-8-26(27)45(5,40)41/h6-8,11-12,14,17,19,21,24H,9-10,13,15-16H2,1-5H3,(H,36,37)/t19-,21+,24+/m0/s1. The summed E-state index contributed by atoms with van der Waals surface area (Å²) in [5.41, 5.74) is 1.63. The number of carbonyl (C=O) groups excluding carboxylic acids is 1. The molecule has 2 aromatic carbocycles. The first kappa shape index (κ1) is 31.4.